The highest BCUT2D eigenvalue weighted by Gasteiger charge is 1.97. The minimum Gasteiger partial charge on any atom is -0.288 e. The Kier molecular flexibility index (Phi) is 4.55. The van der Waals surface area contributed by atoms with Crippen LogP contribution in [-0.2, 0) is 6.42 Å². The predicted molar refractivity (Wildman–Crippen MR) is 67.6 cm³/mol. The largest absolute Gasteiger partial charge is 0.288 e. The van der Waals surface area contributed by atoms with E-state index >= 15 is 0 Å². The second-order valence-electron chi connectivity index (χ2n) is 3.25. The molecule has 1 nitrogen and oxygen atoms in total. The summed E-state index contributed by atoms with van der Waals surface area (Å²) in [5.41, 5.74) is 3.48. The molecule has 0 saturated heterocycles. The molecule has 1 heteroatoms. The molecule has 0 aliphatic heterocycles. The van der Waals surface area contributed by atoms with Gasteiger partial charge in [-0.25, -0.2) is 0 Å². The van der Waals surface area contributed by atoms with Crippen LogP contribution in [0.5, 0.6) is 0 Å². The minimum atomic E-state index is 0.984. The van der Waals surface area contributed by atoms with Crippen molar-refractivity contribution in [2.75, 3.05) is 7.05 Å². The van der Waals surface area contributed by atoms with Crippen molar-refractivity contribution >= 4 is 5.71 Å². The number of aliphatic imine (C=N–C) groups is 1. The number of hydrogen-bond acceptors (Lipinski definition) is 1. The zero-order valence-corrected chi connectivity index (χ0v) is 9.40. The number of allylic oxidation sites excluding steroid dienone is 3. The van der Waals surface area contributed by atoms with Crippen LogP contribution in [0.2, 0.25) is 0 Å². The zero-order valence-electron chi connectivity index (χ0n) is 9.40. The van der Waals surface area contributed by atoms with Gasteiger partial charge < -0.3 is 0 Å². The van der Waals surface area contributed by atoms with Crippen molar-refractivity contribution in [3.8, 4) is 0 Å². The van der Waals surface area contributed by atoms with E-state index < -0.39 is 0 Å². The van der Waals surface area contributed by atoms with Gasteiger partial charge in [-0.1, -0.05) is 49.9 Å². The number of rotatable bonds is 4. The van der Waals surface area contributed by atoms with Crippen molar-refractivity contribution < 1.29 is 0 Å². The number of benzene rings is 1. The molecule has 0 fully saturated rings. The molecule has 0 heterocycles. The van der Waals surface area contributed by atoms with Crippen LogP contribution in [0, 0.1) is 0 Å². The highest BCUT2D eigenvalue weighted by molar-refractivity contribution is 6.08. The van der Waals surface area contributed by atoms with Gasteiger partial charge in [0, 0.05) is 7.05 Å². The fraction of sp³-hybridized carbons (Fsp3) is 0.214. The van der Waals surface area contributed by atoms with Gasteiger partial charge in [-0.15, -0.1) is 0 Å². The molecular formula is C14H17N. The first-order valence-electron chi connectivity index (χ1n) is 5.17. The van der Waals surface area contributed by atoms with E-state index in [9.17, 15) is 0 Å². The summed E-state index contributed by atoms with van der Waals surface area (Å²) in [4.78, 5) is 4.23. The molecule has 0 saturated carbocycles. The number of hydrogen-bond donors (Lipinski definition) is 0. The molecule has 1 aromatic carbocycles. The van der Waals surface area contributed by atoms with Crippen molar-refractivity contribution in [1.29, 1.82) is 0 Å². The molecule has 1 aromatic rings. The molecule has 0 N–H and O–H groups in total. The molecule has 15 heavy (non-hydrogen) atoms. The van der Waals surface area contributed by atoms with Crippen LogP contribution in [0.25, 0.3) is 0 Å². The molecule has 78 valence electrons. The third kappa shape index (κ3) is 3.21. The van der Waals surface area contributed by atoms with Crippen molar-refractivity contribution in [3.05, 3.63) is 60.2 Å². The Morgan fingerprint density at radius 3 is 2.47 bits per heavy atom. The van der Waals surface area contributed by atoms with E-state index in [1.54, 1.807) is 13.1 Å². The highest BCUT2D eigenvalue weighted by Crippen LogP contribution is 2.07. The molecular weight excluding hydrogens is 182 g/mol. The van der Waals surface area contributed by atoms with Crippen LogP contribution in [0.4, 0.5) is 0 Å². The van der Waals surface area contributed by atoms with Gasteiger partial charge in [-0.2, -0.15) is 0 Å². The van der Waals surface area contributed by atoms with Crippen LogP contribution in [0.15, 0.2) is 54.1 Å². The van der Waals surface area contributed by atoms with E-state index in [1.807, 2.05) is 12.2 Å². The monoisotopic (exact) mass is 199 g/mol. The van der Waals surface area contributed by atoms with Crippen molar-refractivity contribution in [3.63, 3.8) is 0 Å². The maximum absolute atomic E-state index is 4.23. The summed E-state index contributed by atoms with van der Waals surface area (Å²) >= 11 is 0. The molecule has 0 spiro atoms. The summed E-state index contributed by atoms with van der Waals surface area (Å²) in [6.07, 6.45) is 6.69. The number of aryl methyl sites for hydroxylation is 1. The maximum Gasteiger partial charge on any atom is 0.0643 e. The quantitative estimate of drug-likeness (QED) is 0.520. The van der Waals surface area contributed by atoms with E-state index in [2.05, 4.69) is 42.8 Å². The molecule has 0 aliphatic carbocycles. The first-order chi connectivity index (χ1) is 7.31. The van der Waals surface area contributed by atoms with Crippen LogP contribution < -0.4 is 0 Å². The average molecular weight is 199 g/mol. The normalized spacial score (nSPS) is 12.0. The van der Waals surface area contributed by atoms with Gasteiger partial charge >= 0.3 is 0 Å². The maximum atomic E-state index is 4.23. The fourth-order valence-corrected chi connectivity index (χ4v) is 1.37. The summed E-state index contributed by atoms with van der Waals surface area (Å²) in [5.74, 6) is 0. The second-order valence-corrected chi connectivity index (χ2v) is 3.25. The summed E-state index contributed by atoms with van der Waals surface area (Å²) in [5, 5.41) is 0. The SMILES string of the molecule is C=C/C=C\C(=NC)c1ccc(CC)cc1. The van der Waals surface area contributed by atoms with Gasteiger partial charge in [0.25, 0.3) is 0 Å². The summed E-state index contributed by atoms with van der Waals surface area (Å²) in [6.45, 7) is 5.80. The molecule has 0 amide bonds. The number of nitrogens with zero attached hydrogens (tertiary/aromatic N) is 1. The Balaban J connectivity index is 2.93. The van der Waals surface area contributed by atoms with Crippen LogP contribution in [0.1, 0.15) is 18.1 Å². The summed E-state index contributed by atoms with van der Waals surface area (Å²) in [6, 6.07) is 8.49. The average Bonchev–Trinajstić information content (AvgIpc) is 2.31. The topological polar surface area (TPSA) is 12.4 Å². The molecule has 0 radical (unpaired) electrons. The highest BCUT2D eigenvalue weighted by atomic mass is 14.7. The first-order valence-corrected chi connectivity index (χ1v) is 5.17. The van der Waals surface area contributed by atoms with Gasteiger partial charge in [-0.05, 0) is 23.6 Å². The molecule has 1 rings (SSSR count). The molecule has 0 aliphatic rings. The van der Waals surface area contributed by atoms with Gasteiger partial charge in [0.1, 0.15) is 0 Å². The van der Waals surface area contributed by atoms with Crippen molar-refractivity contribution in [1.82, 2.24) is 0 Å². The molecule has 0 unspecified atom stereocenters. The lowest BCUT2D eigenvalue weighted by atomic mass is 10.1. The Labute approximate surface area is 91.9 Å². The Bertz CT molecular complexity index is 369. The van der Waals surface area contributed by atoms with Gasteiger partial charge in [0.2, 0.25) is 0 Å². The summed E-state index contributed by atoms with van der Waals surface area (Å²) in [7, 11) is 1.80. The molecule has 0 aromatic heterocycles. The van der Waals surface area contributed by atoms with E-state index in [0.717, 1.165) is 17.7 Å². The van der Waals surface area contributed by atoms with E-state index in [0.29, 0.717) is 0 Å². The smallest absolute Gasteiger partial charge is 0.0643 e. The summed E-state index contributed by atoms with van der Waals surface area (Å²) < 4.78 is 0. The lowest BCUT2D eigenvalue weighted by Crippen LogP contribution is -1.96. The fourth-order valence-electron chi connectivity index (χ4n) is 1.37. The van der Waals surface area contributed by atoms with E-state index in [-0.39, 0.29) is 0 Å². The second kappa shape index (κ2) is 5.97. The third-order valence-electron chi connectivity index (χ3n) is 2.29. The Morgan fingerprint density at radius 1 is 1.33 bits per heavy atom. The Hall–Kier alpha value is -1.63. The Morgan fingerprint density at radius 2 is 2.00 bits per heavy atom. The van der Waals surface area contributed by atoms with Gasteiger partial charge in [-0.3, -0.25) is 4.99 Å². The molecule has 0 atom stereocenters. The molecule has 0 bridgehead atoms. The van der Waals surface area contributed by atoms with Crippen LogP contribution >= 0.6 is 0 Å². The minimum absolute atomic E-state index is 0.984. The van der Waals surface area contributed by atoms with Gasteiger partial charge in [0.05, 0.1) is 5.71 Å². The third-order valence-corrected chi connectivity index (χ3v) is 2.29. The van der Waals surface area contributed by atoms with E-state index in [4.69, 9.17) is 0 Å². The van der Waals surface area contributed by atoms with Gasteiger partial charge in [0.15, 0.2) is 0 Å². The van der Waals surface area contributed by atoms with Crippen molar-refractivity contribution in [2.45, 2.75) is 13.3 Å². The van der Waals surface area contributed by atoms with Crippen LogP contribution in [-0.4, -0.2) is 12.8 Å². The lowest BCUT2D eigenvalue weighted by molar-refractivity contribution is 1.14. The standard InChI is InChI=1S/C14H17N/c1-4-6-7-14(15-3)13-10-8-12(5-2)9-11-13/h4,6-11H,1,5H2,2-3H3/b7-6-,15-14?. The van der Waals surface area contributed by atoms with Crippen LogP contribution in [0.3, 0.4) is 0 Å². The lowest BCUT2D eigenvalue weighted by Gasteiger charge is -2.02. The van der Waals surface area contributed by atoms with E-state index in [1.165, 1.54) is 5.56 Å². The zero-order chi connectivity index (χ0) is 11.1. The van der Waals surface area contributed by atoms with Crippen molar-refractivity contribution in [2.24, 2.45) is 4.99 Å². The first kappa shape index (κ1) is 11.4. The predicted octanol–water partition coefficient (Wildman–Crippen LogP) is 3.41.